The number of ether oxygens (including phenoxy) is 2. The topological polar surface area (TPSA) is 60.5 Å². The number of pyridine rings is 1. The molecule has 0 saturated heterocycles. The lowest BCUT2D eigenvalue weighted by molar-refractivity contribution is -0.286. The van der Waals surface area contributed by atoms with Gasteiger partial charge in [0.05, 0.1) is 5.02 Å². The third-order valence-electron chi connectivity index (χ3n) is 4.52. The zero-order valence-corrected chi connectivity index (χ0v) is 18.2. The van der Waals surface area contributed by atoms with Gasteiger partial charge in [0.1, 0.15) is 5.82 Å². The van der Waals surface area contributed by atoms with Crippen LogP contribution in [0.4, 0.5) is 14.6 Å². The van der Waals surface area contributed by atoms with E-state index in [9.17, 15) is 13.6 Å². The molecule has 2 aromatic carbocycles. The molecule has 3 aromatic rings. The van der Waals surface area contributed by atoms with Crippen molar-refractivity contribution in [1.82, 2.24) is 4.98 Å². The molecule has 0 bridgehead atoms. The van der Waals surface area contributed by atoms with Crippen LogP contribution in [0.15, 0.2) is 48.7 Å². The summed E-state index contributed by atoms with van der Waals surface area (Å²) in [6.45, 7) is 7.73. The normalized spacial score (nSPS) is 13.3. The first-order chi connectivity index (χ1) is 14.7. The number of aromatic nitrogens is 1. The van der Waals surface area contributed by atoms with Crippen molar-refractivity contribution >= 4 is 23.3 Å². The fourth-order valence-corrected chi connectivity index (χ4v) is 3.43. The van der Waals surface area contributed by atoms with Crippen LogP contribution in [-0.4, -0.2) is 17.2 Å². The van der Waals surface area contributed by atoms with Gasteiger partial charge in [-0.05, 0) is 43.2 Å². The Morgan fingerprint density at radius 1 is 1.03 bits per heavy atom. The maximum absolute atomic E-state index is 13.2. The number of hydrogen-bond acceptors (Lipinski definition) is 4. The first-order valence-electron chi connectivity index (χ1n) is 9.67. The first kappa shape index (κ1) is 22.5. The number of fused-ring (bicyclic) bond motifs is 1. The second-order valence-corrected chi connectivity index (χ2v) is 7.01. The predicted molar refractivity (Wildman–Crippen MR) is 116 cm³/mol. The van der Waals surface area contributed by atoms with E-state index in [-0.39, 0.29) is 22.4 Å². The second kappa shape index (κ2) is 8.89. The summed E-state index contributed by atoms with van der Waals surface area (Å²) in [4.78, 5) is 16.8. The molecule has 0 aliphatic carbocycles. The molecule has 4 rings (SSSR count). The summed E-state index contributed by atoms with van der Waals surface area (Å²) in [6, 6.07) is 11.5. The summed E-state index contributed by atoms with van der Waals surface area (Å²) in [5.74, 6) is -0.148. The number of anilines is 1. The van der Waals surface area contributed by atoms with E-state index in [1.165, 1.54) is 18.3 Å². The first-order valence-corrected chi connectivity index (χ1v) is 10.0. The van der Waals surface area contributed by atoms with Gasteiger partial charge in [0.25, 0.3) is 5.91 Å². The van der Waals surface area contributed by atoms with Crippen LogP contribution >= 0.6 is 11.6 Å². The Labute approximate surface area is 184 Å². The van der Waals surface area contributed by atoms with Gasteiger partial charge in [0.2, 0.25) is 0 Å². The smallest absolute Gasteiger partial charge is 0.395 e. The fraction of sp³-hybridized carbons (Fsp3) is 0.217. The third kappa shape index (κ3) is 4.77. The summed E-state index contributed by atoms with van der Waals surface area (Å²) >= 11 is 6.20. The van der Waals surface area contributed by atoms with E-state index >= 15 is 0 Å². The summed E-state index contributed by atoms with van der Waals surface area (Å²) in [5.41, 5.74) is 3.35. The maximum Gasteiger partial charge on any atom is 0.586 e. The van der Waals surface area contributed by atoms with Crippen molar-refractivity contribution in [2.75, 3.05) is 5.32 Å². The number of carbonyl (C=O) groups excluding carboxylic acids is 1. The average Bonchev–Trinajstić information content (AvgIpc) is 3.02. The van der Waals surface area contributed by atoms with Crippen LogP contribution in [0.3, 0.4) is 0 Å². The molecule has 8 heteroatoms. The van der Waals surface area contributed by atoms with Crippen molar-refractivity contribution in [3.05, 3.63) is 70.4 Å². The molecule has 1 N–H and O–H groups in total. The summed E-state index contributed by atoms with van der Waals surface area (Å²) in [7, 11) is 0. The lowest BCUT2D eigenvalue weighted by Gasteiger charge is -2.11. The number of aryl methyl sites for hydroxylation is 2. The Morgan fingerprint density at radius 2 is 1.65 bits per heavy atom. The van der Waals surface area contributed by atoms with Crippen LogP contribution in [0.1, 0.15) is 35.3 Å². The monoisotopic (exact) mass is 446 g/mol. The van der Waals surface area contributed by atoms with E-state index < -0.39 is 6.29 Å². The highest BCUT2D eigenvalue weighted by Gasteiger charge is 2.43. The van der Waals surface area contributed by atoms with E-state index in [1.54, 1.807) is 12.1 Å². The number of nitrogens with one attached hydrogen (secondary N) is 1. The van der Waals surface area contributed by atoms with Gasteiger partial charge in [0, 0.05) is 29.0 Å². The number of halogens is 3. The van der Waals surface area contributed by atoms with Gasteiger partial charge in [-0.3, -0.25) is 4.79 Å². The van der Waals surface area contributed by atoms with Gasteiger partial charge >= 0.3 is 6.29 Å². The lowest BCUT2D eigenvalue weighted by Crippen LogP contribution is -2.25. The van der Waals surface area contributed by atoms with Crippen molar-refractivity contribution in [2.45, 2.75) is 34.0 Å². The van der Waals surface area contributed by atoms with Crippen molar-refractivity contribution in [3.8, 4) is 22.6 Å². The van der Waals surface area contributed by atoms with Crippen LogP contribution in [0, 0.1) is 13.8 Å². The largest absolute Gasteiger partial charge is 0.586 e. The molecule has 0 unspecified atom stereocenters. The van der Waals surface area contributed by atoms with Gasteiger partial charge < -0.3 is 14.8 Å². The molecule has 31 heavy (non-hydrogen) atoms. The molecule has 0 saturated carbocycles. The lowest BCUT2D eigenvalue weighted by atomic mass is 10.0. The SMILES string of the molecule is CC.Cc1cccc(C)c1C(=O)Nc1ccc(-c2cc3c(cc2Cl)OC(F)(F)O3)cn1. The zero-order valence-electron chi connectivity index (χ0n) is 17.4. The van der Waals surface area contributed by atoms with Crippen molar-refractivity contribution in [1.29, 1.82) is 0 Å². The number of rotatable bonds is 3. The second-order valence-electron chi connectivity index (χ2n) is 6.60. The van der Waals surface area contributed by atoms with Crippen molar-refractivity contribution < 1.29 is 23.0 Å². The summed E-state index contributed by atoms with van der Waals surface area (Å²) in [6.07, 6.45) is -2.23. The molecule has 0 atom stereocenters. The minimum absolute atomic E-state index is 0.109. The molecule has 162 valence electrons. The van der Waals surface area contributed by atoms with E-state index in [0.29, 0.717) is 22.5 Å². The summed E-state index contributed by atoms with van der Waals surface area (Å²) in [5, 5.41) is 2.97. The Bertz CT molecular complexity index is 1100. The van der Waals surface area contributed by atoms with Gasteiger partial charge in [-0.1, -0.05) is 43.6 Å². The molecule has 2 heterocycles. The fourth-order valence-electron chi connectivity index (χ4n) is 3.17. The van der Waals surface area contributed by atoms with Gasteiger partial charge in [0.15, 0.2) is 11.5 Å². The van der Waals surface area contributed by atoms with E-state index in [1.807, 2.05) is 45.9 Å². The van der Waals surface area contributed by atoms with Crippen molar-refractivity contribution in [3.63, 3.8) is 0 Å². The minimum Gasteiger partial charge on any atom is -0.395 e. The maximum atomic E-state index is 13.2. The zero-order chi connectivity index (χ0) is 22.8. The molecule has 0 fully saturated rings. The highest BCUT2D eigenvalue weighted by molar-refractivity contribution is 6.33. The van der Waals surface area contributed by atoms with Crippen LogP contribution in [0.5, 0.6) is 11.5 Å². The molecule has 0 spiro atoms. The third-order valence-corrected chi connectivity index (χ3v) is 4.83. The highest BCUT2D eigenvalue weighted by atomic mass is 35.5. The average molecular weight is 447 g/mol. The molecular formula is C23H21ClF2N2O3. The van der Waals surface area contributed by atoms with Gasteiger partial charge in [-0.25, -0.2) is 4.98 Å². The Hall–Kier alpha value is -3.19. The molecule has 1 amide bonds. The predicted octanol–water partition coefficient (Wildman–Crippen LogP) is 6.62. The van der Waals surface area contributed by atoms with Gasteiger partial charge in [-0.15, -0.1) is 8.78 Å². The molecule has 1 aromatic heterocycles. The Balaban J connectivity index is 0.00000132. The standard InChI is InChI=1S/C21H15ClF2N2O3.C2H6/c1-11-4-3-5-12(2)19(11)20(27)26-18-7-6-13(10-25-18)14-8-16-17(9-15(14)22)29-21(23,24)28-16;1-2/h3-10H,1-2H3,(H,25,26,27);1-2H3. The summed E-state index contributed by atoms with van der Waals surface area (Å²) < 4.78 is 35.3. The minimum atomic E-state index is -3.72. The number of benzene rings is 2. The van der Waals surface area contributed by atoms with Gasteiger partial charge in [-0.2, -0.15) is 0 Å². The van der Waals surface area contributed by atoms with Crippen LogP contribution in [0.25, 0.3) is 11.1 Å². The van der Waals surface area contributed by atoms with E-state index in [2.05, 4.69) is 19.8 Å². The molecule has 5 nitrogen and oxygen atoms in total. The Morgan fingerprint density at radius 3 is 2.23 bits per heavy atom. The molecular weight excluding hydrogens is 426 g/mol. The Kier molecular flexibility index (Phi) is 6.45. The molecule has 0 radical (unpaired) electrons. The molecule has 1 aliphatic rings. The van der Waals surface area contributed by atoms with E-state index in [0.717, 1.165) is 11.1 Å². The number of alkyl halides is 2. The molecule has 1 aliphatic heterocycles. The number of amides is 1. The van der Waals surface area contributed by atoms with Crippen molar-refractivity contribution in [2.24, 2.45) is 0 Å². The highest BCUT2D eigenvalue weighted by Crippen LogP contribution is 2.46. The van der Waals surface area contributed by atoms with Crippen LogP contribution < -0.4 is 14.8 Å². The number of nitrogens with zero attached hydrogens (tertiary/aromatic N) is 1. The van der Waals surface area contributed by atoms with E-state index in [4.69, 9.17) is 11.6 Å². The number of hydrogen-bond donors (Lipinski definition) is 1. The quantitative estimate of drug-likeness (QED) is 0.491. The van der Waals surface area contributed by atoms with Crippen LogP contribution in [0.2, 0.25) is 5.02 Å². The van der Waals surface area contributed by atoms with Crippen LogP contribution in [-0.2, 0) is 0 Å². The number of carbonyl (C=O) groups is 1.